The third-order valence-electron chi connectivity index (χ3n) is 7.18. The molecule has 0 aromatic heterocycles. The van der Waals surface area contributed by atoms with Gasteiger partial charge in [0.25, 0.3) is 0 Å². The van der Waals surface area contributed by atoms with Crippen molar-refractivity contribution in [2.24, 2.45) is 11.8 Å². The summed E-state index contributed by atoms with van der Waals surface area (Å²) in [6, 6.07) is 1.44. The Balaban J connectivity index is 1.35. The molecule has 4 fully saturated rings. The van der Waals surface area contributed by atoms with E-state index >= 15 is 0 Å². The molecule has 1 saturated carbocycles. The summed E-state index contributed by atoms with van der Waals surface area (Å²) in [6.07, 6.45) is 11.9. The van der Waals surface area contributed by atoms with Crippen LogP contribution in [0.2, 0.25) is 0 Å². The van der Waals surface area contributed by atoms with Crippen molar-refractivity contribution in [3.05, 3.63) is 23.7 Å². The lowest BCUT2D eigenvalue weighted by molar-refractivity contribution is 0.0379. The van der Waals surface area contributed by atoms with E-state index in [2.05, 4.69) is 32.8 Å². The highest BCUT2D eigenvalue weighted by molar-refractivity contribution is 5.17. The fourth-order valence-electron chi connectivity index (χ4n) is 5.28. The van der Waals surface area contributed by atoms with Crippen LogP contribution in [0.15, 0.2) is 23.7 Å². The summed E-state index contributed by atoms with van der Waals surface area (Å²) in [5.41, 5.74) is 2.81. The number of rotatable bonds is 0. The molecule has 1 aliphatic carbocycles. The van der Waals surface area contributed by atoms with Gasteiger partial charge in [0, 0.05) is 6.04 Å². The van der Waals surface area contributed by atoms with Gasteiger partial charge in [-0.15, -0.1) is 0 Å². The van der Waals surface area contributed by atoms with E-state index in [1.54, 1.807) is 5.57 Å². The Bertz CT molecular complexity index is 577. The van der Waals surface area contributed by atoms with Crippen molar-refractivity contribution < 1.29 is 4.74 Å². The second-order valence-corrected chi connectivity index (χ2v) is 8.68. The maximum atomic E-state index is 6.14. The molecule has 144 valence electrons. The average Bonchev–Trinajstić information content (AvgIpc) is 3.34. The molecule has 0 amide bonds. The Kier molecular flexibility index (Phi) is 4.82. The predicted molar refractivity (Wildman–Crippen MR) is 102 cm³/mol. The molecule has 4 heterocycles. The first kappa shape index (κ1) is 16.9. The second-order valence-electron chi connectivity index (χ2n) is 8.68. The molecule has 0 aromatic rings. The van der Waals surface area contributed by atoms with Crippen LogP contribution in [0.4, 0.5) is 0 Å². The molecule has 5 N–H and O–H groups in total. The van der Waals surface area contributed by atoms with E-state index in [1.807, 2.05) is 6.26 Å². The van der Waals surface area contributed by atoms with Crippen LogP contribution in [-0.2, 0) is 4.74 Å². The van der Waals surface area contributed by atoms with Crippen molar-refractivity contribution in [3.8, 4) is 0 Å². The second kappa shape index (κ2) is 7.41. The molecular weight excluding hydrogens is 326 g/mol. The molecule has 0 spiro atoms. The van der Waals surface area contributed by atoms with E-state index in [1.165, 1.54) is 50.9 Å². The summed E-state index contributed by atoms with van der Waals surface area (Å²) in [5.74, 6) is 1.58. The van der Waals surface area contributed by atoms with Crippen molar-refractivity contribution in [2.45, 2.75) is 62.8 Å². The zero-order chi connectivity index (χ0) is 17.3. The molecule has 26 heavy (non-hydrogen) atoms. The third-order valence-corrected chi connectivity index (χ3v) is 7.18. The van der Waals surface area contributed by atoms with E-state index in [0.29, 0.717) is 24.2 Å². The Labute approximate surface area is 156 Å². The molecular formula is C20H33N5O. The summed E-state index contributed by atoms with van der Waals surface area (Å²) in [6.45, 7) is 4.33. The van der Waals surface area contributed by atoms with Crippen LogP contribution < -0.4 is 26.6 Å². The molecule has 6 atom stereocenters. The molecule has 0 bridgehead atoms. The highest BCUT2D eigenvalue weighted by atomic mass is 16.5. The van der Waals surface area contributed by atoms with Crippen LogP contribution >= 0.6 is 0 Å². The van der Waals surface area contributed by atoms with Gasteiger partial charge >= 0.3 is 0 Å². The van der Waals surface area contributed by atoms with E-state index in [9.17, 15) is 0 Å². The van der Waals surface area contributed by atoms with Crippen LogP contribution in [0.25, 0.3) is 0 Å². The lowest BCUT2D eigenvalue weighted by Crippen LogP contribution is -2.47. The number of hydrogen-bond donors (Lipinski definition) is 5. The molecule has 0 aromatic carbocycles. The Morgan fingerprint density at radius 1 is 0.962 bits per heavy atom. The van der Waals surface area contributed by atoms with Gasteiger partial charge in [-0.25, -0.2) is 0 Å². The number of ether oxygens (including phenoxy) is 1. The zero-order valence-corrected chi connectivity index (χ0v) is 15.6. The first-order chi connectivity index (χ1) is 12.9. The largest absolute Gasteiger partial charge is 0.494 e. The van der Waals surface area contributed by atoms with Gasteiger partial charge in [0.1, 0.15) is 12.4 Å². The summed E-state index contributed by atoms with van der Waals surface area (Å²) < 4.78 is 6.14. The van der Waals surface area contributed by atoms with Gasteiger partial charge < -0.3 is 26.0 Å². The van der Waals surface area contributed by atoms with Gasteiger partial charge in [-0.05, 0) is 81.8 Å². The summed E-state index contributed by atoms with van der Waals surface area (Å²) in [4.78, 5) is 0. The SMILES string of the molecule is C1=C2CCNC2CC2CNCC2CCC2NCNC2=COC2CCC2N1. The van der Waals surface area contributed by atoms with Gasteiger partial charge in [0.2, 0.25) is 0 Å². The highest BCUT2D eigenvalue weighted by Crippen LogP contribution is 2.32. The molecule has 5 aliphatic rings. The molecule has 0 radical (unpaired) electrons. The van der Waals surface area contributed by atoms with Gasteiger partial charge in [-0.3, -0.25) is 5.32 Å². The first-order valence-electron chi connectivity index (χ1n) is 10.6. The summed E-state index contributed by atoms with van der Waals surface area (Å²) in [7, 11) is 0. The van der Waals surface area contributed by atoms with E-state index < -0.39 is 0 Å². The smallest absolute Gasteiger partial charge is 0.118 e. The quantitative estimate of drug-likeness (QED) is 0.440. The maximum Gasteiger partial charge on any atom is 0.118 e. The Morgan fingerprint density at radius 2 is 1.92 bits per heavy atom. The number of hydrogen-bond acceptors (Lipinski definition) is 6. The van der Waals surface area contributed by atoms with Gasteiger partial charge in [0.05, 0.1) is 24.4 Å². The molecule has 3 saturated heterocycles. The van der Waals surface area contributed by atoms with Crippen molar-refractivity contribution >= 4 is 0 Å². The van der Waals surface area contributed by atoms with E-state index in [4.69, 9.17) is 4.74 Å². The maximum absolute atomic E-state index is 6.14. The van der Waals surface area contributed by atoms with Crippen LogP contribution in [0.3, 0.4) is 0 Å². The topological polar surface area (TPSA) is 69.4 Å². The van der Waals surface area contributed by atoms with Crippen molar-refractivity contribution in [3.63, 3.8) is 0 Å². The molecule has 6 nitrogen and oxygen atoms in total. The minimum Gasteiger partial charge on any atom is -0.494 e. The van der Waals surface area contributed by atoms with E-state index in [0.717, 1.165) is 31.5 Å². The third kappa shape index (κ3) is 3.35. The van der Waals surface area contributed by atoms with Crippen LogP contribution in [0.1, 0.15) is 38.5 Å². The van der Waals surface area contributed by atoms with Gasteiger partial charge in [0.15, 0.2) is 0 Å². The summed E-state index contributed by atoms with van der Waals surface area (Å²) >= 11 is 0. The molecule has 6 heteroatoms. The normalized spacial score (nSPS) is 42.8. The monoisotopic (exact) mass is 359 g/mol. The van der Waals surface area contributed by atoms with Crippen molar-refractivity contribution in [1.29, 1.82) is 0 Å². The highest BCUT2D eigenvalue weighted by Gasteiger charge is 2.35. The van der Waals surface area contributed by atoms with Gasteiger partial charge in [-0.1, -0.05) is 0 Å². The van der Waals surface area contributed by atoms with Crippen molar-refractivity contribution in [2.75, 3.05) is 26.3 Å². The lowest BCUT2D eigenvalue weighted by Gasteiger charge is -2.36. The number of nitrogens with one attached hydrogen (secondary N) is 5. The predicted octanol–water partition coefficient (Wildman–Crippen LogP) is 0.749. The van der Waals surface area contributed by atoms with E-state index in [-0.39, 0.29) is 0 Å². The average molecular weight is 360 g/mol. The minimum atomic E-state index is 0.309. The molecule has 5 rings (SSSR count). The molecule has 6 unspecified atom stereocenters. The molecule has 4 aliphatic heterocycles. The fraction of sp³-hybridized carbons (Fsp3) is 0.800. The lowest BCUT2D eigenvalue weighted by atomic mass is 9.84. The van der Waals surface area contributed by atoms with Crippen LogP contribution in [0, 0.1) is 11.8 Å². The van der Waals surface area contributed by atoms with Crippen LogP contribution in [0.5, 0.6) is 0 Å². The zero-order valence-electron chi connectivity index (χ0n) is 15.6. The standard InChI is InChI=1S/C20H33N5O/c1-2-16-19(25-12-24-16)11-26-20-4-3-17(20)23-10-14-5-6-22-18(14)7-15-9-21-8-13(1)15/h10-11,13,15-18,20-25H,1-9,12H2. The first-order valence-corrected chi connectivity index (χ1v) is 10.6. The summed E-state index contributed by atoms with van der Waals surface area (Å²) in [5, 5.41) is 18.1. The van der Waals surface area contributed by atoms with Crippen molar-refractivity contribution in [1.82, 2.24) is 26.6 Å². The Morgan fingerprint density at radius 3 is 2.85 bits per heavy atom. The van der Waals surface area contributed by atoms with Gasteiger partial charge in [-0.2, -0.15) is 0 Å². The Hall–Kier alpha value is -1.24. The van der Waals surface area contributed by atoms with Crippen LogP contribution in [-0.4, -0.2) is 50.5 Å². The fourth-order valence-corrected chi connectivity index (χ4v) is 5.28. The minimum absolute atomic E-state index is 0.309. The number of fused-ring (bicyclic) bond motifs is 4.